The van der Waals surface area contributed by atoms with Crippen LogP contribution < -0.4 is 0 Å². The minimum absolute atomic E-state index is 0.0804. The highest BCUT2D eigenvalue weighted by atomic mass is 35.5. The second kappa shape index (κ2) is 4.47. The summed E-state index contributed by atoms with van der Waals surface area (Å²) in [6.45, 7) is 0. The van der Waals surface area contributed by atoms with E-state index in [4.69, 9.17) is 16.7 Å². The van der Waals surface area contributed by atoms with Crippen LogP contribution in [0.25, 0.3) is 0 Å². The van der Waals surface area contributed by atoms with E-state index in [-0.39, 0.29) is 22.8 Å². The number of carbonyl (C=O) groups excluding carboxylic acids is 1. The van der Waals surface area contributed by atoms with Gasteiger partial charge in [-0.15, -0.1) is 0 Å². The fourth-order valence-corrected chi connectivity index (χ4v) is 1.63. The van der Waals surface area contributed by atoms with Crippen LogP contribution in [0.2, 0.25) is 5.02 Å². The van der Waals surface area contributed by atoms with Crippen LogP contribution in [0.15, 0.2) is 42.5 Å². The molecule has 0 saturated heterocycles. The first-order valence-electron chi connectivity index (χ1n) is 4.90. The lowest BCUT2D eigenvalue weighted by Gasteiger charge is -2.04. The standard InChI is InChI=1S/C13H9ClO3/c14-9-3-6-12(16)11(7-9)13(17)8-1-4-10(15)5-2-8/h1-7,15-16H. The van der Waals surface area contributed by atoms with Crippen LogP contribution in [0.5, 0.6) is 11.5 Å². The highest BCUT2D eigenvalue weighted by Crippen LogP contribution is 2.24. The molecule has 0 saturated carbocycles. The Morgan fingerprint density at radius 3 is 2.29 bits per heavy atom. The van der Waals surface area contributed by atoms with Gasteiger partial charge in [0.1, 0.15) is 11.5 Å². The van der Waals surface area contributed by atoms with Crippen molar-refractivity contribution in [3.05, 3.63) is 58.6 Å². The normalized spacial score (nSPS) is 10.2. The van der Waals surface area contributed by atoms with Gasteiger partial charge in [-0.1, -0.05) is 11.6 Å². The quantitative estimate of drug-likeness (QED) is 0.804. The maximum atomic E-state index is 12.0. The molecule has 2 aromatic carbocycles. The third kappa shape index (κ3) is 2.40. The molecule has 2 N–H and O–H groups in total. The predicted octanol–water partition coefficient (Wildman–Crippen LogP) is 2.98. The largest absolute Gasteiger partial charge is 0.508 e. The fraction of sp³-hybridized carbons (Fsp3) is 0. The summed E-state index contributed by atoms with van der Waals surface area (Å²) >= 11 is 5.77. The molecule has 0 unspecified atom stereocenters. The summed E-state index contributed by atoms with van der Waals surface area (Å²) in [5.41, 5.74) is 0.517. The smallest absolute Gasteiger partial charge is 0.196 e. The van der Waals surface area contributed by atoms with Gasteiger partial charge in [-0.3, -0.25) is 4.79 Å². The zero-order valence-corrected chi connectivity index (χ0v) is 9.48. The SMILES string of the molecule is O=C(c1ccc(O)cc1)c1cc(Cl)ccc1O. The number of phenols is 2. The molecule has 4 heteroatoms. The third-order valence-electron chi connectivity index (χ3n) is 2.33. The van der Waals surface area contributed by atoms with Crippen LogP contribution in [-0.2, 0) is 0 Å². The molecule has 0 spiro atoms. The summed E-state index contributed by atoms with van der Waals surface area (Å²) in [5.74, 6) is -0.380. The number of hydrogen-bond donors (Lipinski definition) is 2. The van der Waals surface area contributed by atoms with Gasteiger partial charge < -0.3 is 10.2 Å². The number of carbonyl (C=O) groups is 1. The summed E-state index contributed by atoms with van der Waals surface area (Å²) in [7, 11) is 0. The molecule has 17 heavy (non-hydrogen) atoms. The second-order valence-corrected chi connectivity index (χ2v) is 3.97. The van der Waals surface area contributed by atoms with Gasteiger partial charge in [0, 0.05) is 10.6 Å². The molecule has 0 bridgehead atoms. The van der Waals surface area contributed by atoms with Gasteiger partial charge in [-0.25, -0.2) is 0 Å². The molecule has 0 aliphatic heterocycles. The van der Waals surface area contributed by atoms with Crippen molar-refractivity contribution in [1.82, 2.24) is 0 Å². The first kappa shape index (κ1) is 11.5. The number of benzene rings is 2. The fourth-order valence-electron chi connectivity index (χ4n) is 1.46. The van der Waals surface area contributed by atoms with Crippen molar-refractivity contribution in [2.45, 2.75) is 0 Å². The summed E-state index contributed by atoms with van der Waals surface area (Å²) in [6.07, 6.45) is 0. The zero-order valence-electron chi connectivity index (χ0n) is 8.72. The Balaban J connectivity index is 2.43. The number of rotatable bonds is 2. The van der Waals surface area contributed by atoms with Gasteiger partial charge in [0.2, 0.25) is 0 Å². The lowest BCUT2D eigenvalue weighted by Crippen LogP contribution is -2.01. The molecule has 86 valence electrons. The molecule has 0 fully saturated rings. The van der Waals surface area contributed by atoms with E-state index in [9.17, 15) is 9.90 Å². The number of aromatic hydroxyl groups is 2. The van der Waals surface area contributed by atoms with E-state index >= 15 is 0 Å². The van der Waals surface area contributed by atoms with E-state index in [1.165, 1.54) is 42.5 Å². The summed E-state index contributed by atoms with van der Waals surface area (Å²) in [6, 6.07) is 10.1. The van der Waals surface area contributed by atoms with E-state index in [0.717, 1.165) is 0 Å². The Morgan fingerprint density at radius 2 is 1.65 bits per heavy atom. The van der Waals surface area contributed by atoms with Gasteiger partial charge >= 0.3 is 0 Å². The molecule has 0 aromatic heterocycles. The molecule has 0 radical (unpaired) electrons. The molecule has 2 rings (SSSR count). The minimum Gasteiger partial charge on any atom is -0.508 e. The van der Waals surface area contributed by atoms with Crippen molar-refractivity contribution in [2.75, 3.05) is 0 Å². The molecule has 0 aliphatic carbocycles. The summed E-state index contributed by atoms with van der Waals surface area (Å²) < 4.78 is 0. The van der Waals surface area contributed by atoms with Crippen molar-refractivity contribution in [3.8, 4) is 11.5 Å². The van der Waals surface area contributed by atoms with Crippen molar-refractivity contribution >= 4 is 17.4 Å². The molecular weight excluding hydrogens is 240 g/mol. The van der Waals surface area contributed by atoms with E-state index in [1.54, 1.807) is 0 Å². The Labute approximate surface area is 103 Å². The van der Waals surface area contributed by atoms with Crippen LogP contribution in [0.3, 0.4) is 0 Å². The number of halogens is 1. The van der Waals surface area contributed by atoms with E-state index in [1.807, 2.05) is 0 Å². The number of phenolic OH excluding ortho intramolecular Hbond substituents is 2. The molecule has 2 aromatic rings. The van der Waals surface area contributed by atoms with Gasteiger partial charge in [-0.05, 0) is 42.5 Å². The van der Waals surface area contributed by atoms with E-state index < -0.39 is 0 Å². The van der Waals surface area contributed by atoms with Crippen LogP contribution >= 0.6 is 11.6 Å². The average Bonchev–Trinajstić information content (AvgIpc) is 2.32. The predicted molar refractivity (Wildman–Crippen MR) is 64.7 cm³/mol. The topological polar surface area (TPSA) is 57.5 Å². The maximum absolute atomic E-state index is 12.0. The molecule has 3 nitrogen and oxygen atoms in total. The second-order valence-electron chi connectivity index (χ2n) is 3.54. The van der Waals surface area contributed by atoms with Gasteiger partial charge in [0.15, 0.2) is 5.78 Å². The van der Waals surface area contributed by atoms with Crippen LogP contribution in [0, 0.1) is 0 Å². The van der Waals surface area contributed by atoms with Crippen LogP contribution in [0.4, 0.5) is 0 Å². The first-order valence-corrected chi connectivity index (χ1v) is 5.28. The Kier molecular flexibility index (Phi) is 3.02. The van der Waals surface area contributed by atoms with E-state index in [2.05, 4.69) is 0 Å². The van der Waals surface area contributed by atoms with Gasteiger partial charge in [0.25, 0.3) is 0 Å². The van der Waals surface area contributed by atoms with Crippen molar-refractivity contribution < 1.29 is 15.0 Å². The number of hydrogen-bond acceptors (Lipinski definition) is 3. The molecule has 0 aliphatic rings. The van der Waals surface area contributed by atoms with Crippen LogP contribution in [0.1, 0.15) is 15.9 Å². The Bertz CT molecular complexity index is 561. The molecule has 0 amide bonds. The third-order valence-corrected chi connectivity index (χ3v) is 2.57. The Hall–Kier alpha value is -2.00. The molecular formula is C13H9ClO3. The van der Waals surface area contributed by atoms with Crippen molar-refractivity contribution in [1.29, 1.82) is 0 Å². The zero-order chi connectivity index (χ0) is 12.4. The summed E-state index contributed by atoms with van der Waals surface area (Å²) in [5, 5.41) is 19.1. The minimum atomic E-state index is -0.343. The summed E-state index contributed by atoms with van der Waals surface area (Å²) in [4.78, 5) is 12.0. The van der Waals surface area contributed by atoms with Crippen LogP contribution in [-0.4, -0.2) is 16.0 Å². The van der Waals surface area contributed by atoms with Crippen molar-refractivity contribution in [3.63, 3.8) is 0 Å². The van der Waals surface area contributed by atoms with E-state index in [0.29, 0.717) is 10.6 Å². The Morgan fingerprint density at radius 1 is 1.00 bits per heavy atom. The van der Waals surface area contributed by atoms with Crippen molar-refractivity contribution in [2.24, 2.45) is 0 Å². The molecule has 0 heterocycles. The van der Waals surface area contributed by atoms with Gasteiger partial charge in [-0.2, -0.15) is 0 Å². The highest BCUT2D eigenvalue weighted by molar-refractivity contribution is 6.31. The lowest BCUT2D eigenvalue weighted by molar-refractivity contribution is 0.103. The lowest BCUT2D eigenvalue weighted by atomic mass is 10.0. The monoisotopic (exact) mass is 248 g/mol. The highest BCUT2D eigenvalue weighted by Gasteiger charge is 2.13. The van der Waals surface area contributed by atoms with Gasteiger partial charge in [0.05, 0.1) is 5.56 Å². The first-order chi connectivity index (χ1) is 8.08. The average molecular weight is 249 g/mol. The molecule has 0 atom stereocenters. The maximum Gasteiger partial charge on any atom is 0.196 e. The number of ketones is 1.